The molecule has 0 spiro atoms. The first-order valence-corrected chi connectivity index (χ1v) is 21.9. The van der Waals surface area contributed by atoms with Crippen LogP contribution in [0, 0.1) is 0 Å². The molecule has 0 saturated heterocycles. The predicted octanol–water partition coefficient (Wildman–Crippen LogP) is 11.6. The Morgan fingerprint density at radius 1 is 0.564 bits per heavy atom. The van der Waals surface area contributed by atoms with Gasteiger partial charge in [-0.05, 0) is 77.0 Å². The number of ether oxygens (including phenoxy) is 2. The molecule has 0 bridgehead atoms. The van der Waals surface area contributed by atoms with E-state index in [1.54, 1.807) is 6.08 Å². The largest absolute Gasteiger partial charge is 0.472 e. The molecular formula is C45H72NO8P. The van der Waals surface area contributed by atoms with Crippen LogP contribution >= 0.6 is 7.82 Å². The first-order chi connectivity index (χ1) is 26.8. The van der Waals surface area contributed by atoms with Crippen LogP contribution in [0.2, 0.25) is 0 Å². The third-order valence-electron chi connectivity index (χ3n) is 7.69. The zero-order valence-electron chi connectivity index (χ0n) is 33.9. The van der Waals surface area contributed by atoms with Crippen molar-refractivity contribution in [2.45, 2.75) is 136 Å². The van der Waals surface area contributed by atoms with E-state index in [1.165, 1.54) is 0 Å². The van der Waals surface area contributed by atoms with E-state index in [4.69, 9.17) is 24.3 Å². The third-order valence-corrected chi connectivity index (χ3v) is 8.67. The zero-order valence-corrected chi connectivity index (χ0v) is 34.7. The van der Waals surface area contributed by atoms with Crippen LogP contribution in [0.25, 0.3) is 0 Å². The molecule has 0 heterocycles. The summed E-state index contributed by atoms with van der Waals surface area (Å²) in [5, 5.41) is 0. The molecular weight excluding hydrogens is 713 g/mol. The topological polar surface area (TPSA) is 134 Å². The first kappa shape index (κ1) is 51.7. The molecule has 0 aromatic carbocycles. The monoisotopic (exact) mass is 785 g/mol. The average Bonchev–Trinajstić information content (AvgIpc) is 3.17. The number of carbonyl (C=O) groups is 2. The van der Waals surface area contributed by atoms with Crippen molar-refractivity contribution in [1.29, 1.82) is 0 Å². The van der Waals surface area contributed by atoms with E-state index in [2.05, 4.69) is 105 Å². The molecule has 3 N–H and O–H groups in total. The number of esters is 2. The minimum absolute atomic E-state index is 0.0120. The third kappa shape index (κ3) is 40.2. The molecule has 10 heteroatoms. The van der Waals surface area contributed by atoms with Crippen molar-refractivity contribution in [3.63, 3.8) is 0 Å². The molecule has 0 radical (unpaired) electrons. The van der Waals surface area contributed by atoms with Crippen LogP contribution in [0.4, 0.5) is 0 Å². The molecule has 55 heavy (non-hydrogen) atoms. The van der Waals surface area contributed by atoms with Crippen LogP contribution in [0.1, 0.15) is 129 Å². The summed E-state index contributed by atoms with van der Waals surface area (Å²) in [6.07, 6.45) is 52.9. The molecule has 0 aliphatic heterocycles. The number of phosphoric ester groups is 1. The molecule has 0 aromatic rings. The lowest BCUT2D eigenvalue weighted by Gasteiger charge is -2.19. The van der Waals surface area contributed by atoms with E-state index in [9.17, 15) is 19.0 Å². The Bertz CT molecular complexity index is 1260. The molecule has 0 amide bonds. The summed E-state index contributed by atoms with van der Waals surface area (Å²) in [7, 11) is -4.41. The molecule has 0 fully saturated rings. The number of phosphoric acid groups is 1. The predicted molar refractivity (Wildman–Crippen MR) is 228 cm³/mol. The highest BCUT2D eigenvalue weighted by molar-refractivity contribution is 7.47. The van der Waals surface area contributed by atoms with Gasteiger partial charge in [-0.2, -0.15) is 0 Å². The second-order valence-corrected chi connectivity index (χ2v) is 14.2. The van der Waals surface area contributed by atoms with Gasteiger partial charge in [-0.25, -0.2) is 4.57 Å². The summed E-state index contributed by atoms with van der Waals surface area (Å²) in [6, 6.07) is 0. The number of carbonyl (C=O) groups excluding carboxylic acids is 2. The minimum Gasteiger partial charge on any atom is -0.462 e. The molecule has 2 atom stereocenters. The highest BCUT2D eigenvalue weighted by atomic mass is 31.2. The van der Waals surface area contributed by atoms with Gasteiger partial charge in [0.25, 0.3) is 0 Å². The number of hydrogen-bond acceptors (Lipinski definition) is 8. The van der Waals surface area contributed by atoms with Gasteiger partial charge in [-0.3, -0.25) is 18.6 Å². The highest BCUT2D eigenvalue weighted by Gasteiger charge is 2.25. The lowest BCUT2D eigenvalue weighted by Crippen LogP contribution is -2.29. The summed E-state index contributed by atoms with van der Waals surface area (Å²) in [5.74, 6) is -1.01. The standard InChI is InChI=1S/C45H72NO8P/c1-3-5-7-9-11-13-15-17-19-20-21-22-24-25-27-29-31-33-35-37-44(47)51-41-43(42-53-55(49,50)52-40-39-46)54-45(48)38-36-34-32-30-28-26-23-18-16-14-12-10-8-6-4-2/h5-8,11-14,17-19,21-23,28,30,34,36,43H,3-4,9-10,15-16,20,24-27,29,31-33,35,37-42,46H2,1-2H3,(H,49,50)/b7-5-,8-6-,13-11-,14-12-,19-17-,22-21-,23-18-,30-28-,36-34-. The highest BCUT2D eigenvalue weighted by Crippen LogP contribution is 2.43. The van der Waals surface area contributed by atoms with E-state index in [0.717, 1.165) is 89.9 Å². The fourth-order valence-electron chi connectivity index (χ4n) is 4.76. The Hall–Kier alpha value is -3.33. The van der Waals surface area contributed by atoms with Gasteiger partial charge in [-0.1, -0.05) is 149 Å². The normalized spacial score (nSPS) is 14.5. The molecule has 0 aliphatic rings. The van der Waals surface area contributed by atoms with Gasteiger partial charge >= 0.3 is 19.8 Å². The fourth-order valence-corrected chi connectivity index (χ4v) is 5.52. The molecule has 0 rings (SSSR count). The van der Waals surface area contributed by atoms with Crippen molar-refractivity contribution < 1.29 is 37.6 Å². The quantitative estimate of drug-likeness (QED) is 0.0275. The summed E-state index contributed by atoms with van der Waals surface area (Å²) in [6.45, 7) is 3.34. The van der Waals surface area contributed by atoms with Crippen molar-refractivity contribution in [2.24, 2.45) is 5.73 Å². The van der Waals surface area contributed by atoms with Gasteiger partial charge in [0.2, 0.25) is 0 Å². The summed E-state index contributed by atoms with van der Waals surface area (Å²) < 4.78 is 32.6. The summed E-state index contributed by atoms with van der Waals surface area (Å²) >= 11 is 0. The maximum atomic E-state index is 12.5. The first-order valence-electron chi connectivity index (χ1n) is 20.4. The Balaban J connectivity index is 4.35. The van der Waals surface area contributed by atoms with Crippen molar-refractivity contribution in [3.8, 4) is 0 Å². The van der Waals surface area contributed by atoms with Gasteiger partial charge in [0.15, 0.2) is 6.10 Å². The summed E-state index contributed by atoms with van der Waals surface area (Å²) in [4.78, 5) is 34.7. The van der Waals surface area contributed by atoms with Crippen LogP contribution in [0.3, 0.4) is 0 Å². The van der Waals surface area contributed by atoms with Crippen LogP contribution < -0.4 is 5.73 Å². The van der Waals surface area contributed by atoms with Crippen LogP contribution in [0.5, 0.6) is 0 Å². The molecule has 0 saturated carbocycles. The van der Waals surface area contributed by atoms with Crippen molar-refractivity contribution >= 4 is 19.8 Å². The second kappa shape index (κ2) is 40.3. The second-order valence-electron chi connectivity index (χ2n) is 12.8. The van der Waals surface area contributed by atoms with Gasteiger partial charge in [0.05, 0.1) is 19.6 Å². The Kier molecular flexibility index (Phi) is 37.9. The molecule has 2 unspecified atom stereocenters. The smallest absolute Gasteiger partial charge is 0.462 e. The number of rotatable bonds is 36. The van der Waals surface area contributed by atoms with Crippen molar-refractivity contribution in [3.05, 3.63) is 109 Å². The maximum absolute atomic E-state index is 12.5. The number of unbranched alkanes of at least 4 members (excludes halogenated alkanes) is 6. The molecule has 310 valence electrons. The Labute approximate surface area is 333 Å². The molecule has 9 nitrogen and oxygen atoms in total. The van der Waals surface area contributed by atoms with E-state index in [1.807, 2.05) is 12.2 Å². The van der Waals surface area contributed by atoms with Crippen LogP contribution in [-0.4, -0.2) is 49.3 Å². The van der Waals surface area contributed by atoms with E-state index in [0.29, 0.717) is 12.8 Å². The molecule has 0 aromatic heterocycles. The van der Waals surface area contributed by atoms with Crippen molar-refractivity contribution in [1.82, 2.24) is 0 Å². The number of hydrogen-bond donors (Lipinski definition) is 2. The van der Waals surface area contributed by atoms with Gasteiger partial charge in [0, 0.05) is 13.0 Å². The lowest BCUT2D eigenvalue weighted by molar-refractivity contribution is -0.160. The Morgan fingerprint density at radius 2 is 1.00 bits per heavy atom. The van der Waals surface area contributed by atoms with E-state index >= 15 is 0 Å². The zero-order chi connectivity index (χ0) is 40.3. The Morgan fingerprint density at radius 3 is 1.49 bits per heavy atom. The number of allylic oxidation sites excluding steroid dienone is 17. The van der Waals surface area contributed by atoms with Crippen LogP contribution in [0.15, 0.2) is 109 Å². The summed E-state index contributed by atoms with van der Waals surface area (Å²) in [5.41, 5.74) is 5.33. The van der Waals surface area contributed by atoms with Gasteiger partial charge < -0.3 is 20.1 Å². The maximum Gasteiger partial charge on any atom is 0.472 e. The van der Waals surface area contributed by atoms with Crippen molar-refractivity contribution in [2.75, 3.05) is 26.4 Å². The number of nitrogens with two attached hydrogens (primary N) is 1. The van der Waals surface area contributed by atoms with E-state index in [-0.39, 0.29) is 32.6 Å². The van der Waals surface area contributed by atoms with Gasteiger partial charge in [-0.15, -0.1) is 0 Å². The average molecular weight is 786 g/mol. The van der Waals surface area contributed by atoms with Gasteiger partial charge in [0.1, 0.15) is 6.61 Å². The fraction of sp³-hybridized carbons (Fsp3) is 0.556. The minimum atomic E-state index is -4.41. The van der Waals surface area contributed by atoms with E-state index < -0.39 is 32.5 Å². The lowest BCUT2D eigenvalue weighted by atomic mass is 10.1. The SMILES string of the molecule is CC/C=C\C/C=C\C/C=C\C/C=C\C/C=C\CC(=O)OC(COC(=O)CCCCCCCC/C=C\C/C=C\C/C=C\C/C=C\CC)COP(=O)(O)OCCN. The van der Waals surface area contributed by atoms with Crippen LogP contribution in [-0.2, 0) is 32.7 Å². The molecule has 0 aliphatic carbocycles.